The number of ether oxygens (including phenoxy) is 1. The minimum atomic E-state index is -3.86. The predicted octanol–water partition coefficient (Wildman–Crippen LogP) is 2.26. The Morgan fingerprint density at radius 3 is 2.64 bits per heavy atom. The quantitative estimate of drug-likeness (QED) is 0.754. The Balaban J connectivity index is 1.74. The molecule has 0 aliphatic carbocycles. The highest BCUT2D eigenvalue weighted by Gasteiger charge is 2.32. The molecule has 1 atom stereocenters. The third-order valence-corrected chi connectivity index (χ3v) is 5.49. The van der Waals surface area contributed by atoms with Crippen molar-refractivity contribution in [2.24, 2.45) is 5.14 Å². The average molecular weight is 427 g/mol. The lowest BCUT2D eigenvalue weighted by atomic mass is 10.1. The number of benzene rings is 2. The number of hydrogen-bond acceptors (Lipinski definition) is 5. The first-order valence-electron chi connectivity index (χ1n) is 8.18. The molecule has 0 saturated heterocycles. The van der Waals surface area contributed by atoms with Crippen LogP contribution in [0.2, 0.25) is 5.02 Å². The maximum Gasteiger partial charge on any atom is 0.341 e. The van der Waals surface area contributed by atoms with Gasteiger partial charge in [-0.2, -0.15) is 0 Å². The van der Waals surface area contributed by atoms with Gasteiger partial charge < -0.3 is 9.64 Å². The molecule has 2 N–H and O–H groups in total. The third kappa shape index (κ3) is 4.01. The van der Waals surface area contributed by atoms with Gasteiger partial charge in [-0.25, -0.2) is 22.7 Å². The van der Waals surface area contributed by atoms with Crippen LogP contribution < -0.4 is 10.0 Å². The summed E-state index contributed by atoms with van der Waals surface area (Å²) in [6.07, 6.45) is 0.421. The van der Waals surface area contributed by atoms with Gasteiger partial charge >= 0.3 is 5.97 Å². The number of anilines is 1. The average Bonchev–Trinajstić information content (AvgIpc) is 2.93. The van der Waals surface area contributed by atoms with Gasteiger partial charge in [0.25, 0.3) is 5.91 Å². The number of nitrogens with two attached hydrogens (primary N) is 1. The molecule has 7 nitrogen and oxygen atoms in total. The molecule has 1 unspecified atom stereocenters. The number of nitrogens with zero attached hydrogens (tertiary/aromatic N) is 1. The number of carbonyl (C=O) groups excluding carboxylic acids is 2. The number of carbonyl (C=O) groups is 2. The predicted molar refractivity (Wildman–Crippen MR) is 100 cm³/mol. The number of primary sulfonamides is 1. The summed E-state index contributed by atoms with van der Waals surface area (Å²) in [6.45, 7) is 1.18. The lowest BCUT2D eigenvalue weighted by Gasteiger charge is -2.22. The lowest BCUT2D eigenvalue weighted by Crippen LogP contribution is -2.38. The van der Waals surface area contributed by atoms with Gasteiger partial charge in [-0.15, -0.1) is 0 Å². The van der Waals surface area contributed by atoms with Gasteiger partial charge in [0.05, 0.1) is 10.5 Å². The summed E-state index contributed by atoms with van der Waals surface area (Å²) in [7, 11) is -3.86. The molecular formula is C18H16ClFN2O5S. The molecule has 1 aliphatic rings. The maximum absolute atomic E-state index is 13.8. The Morgan fingerprint density at radius 2 is 2.00 bits per heavy atom. The lowest BCUT2D eigenvalue weighted by molar-refractivity contribution is -0.122. The summed E-state index contributed by atoms with van der Waals surface area (Å²) in [6, 6.07) is 7.42. The highest BCUT2D eigenvalue weighted by Crippen LogP contribution is 2.33. The van der Waals surface area contributed by atoms with Crippen molar-refractivity contribution < 1.29 is 27.1 Å². The first kappa shape index (κ1) is 20.2. The van der Waals surface area contributed by atoms with Crippen molar-refractivity contribution in [2.75, 3.05) is 11.5 Å². The van der Waals surface area contributed by atoms with Gasteiger partial charge in [0.1, 0.15) is 5.82 Å². The second kappa shape index (κ2) is 7.50. The third-order valence-electron chi connectivity index (χ3n) is 4.34. The molecule has 2 aromatic rings. The second-order valence-corrected chi connectivity index (χ2v) is 8.35. The molecule has 1 amide bonds. The van der Waals surface area contributed by atoms with Crippen LogP contribution in [0.4, 0.5) is 10.1 Å². The number of halogens is 2. The Hall–Kier alpha value is -2.49. The molecule has 2 aromatic carbocycles. The Labute approximate surface area is 165 Å². The Bertz CT molecular complexity index is 1070. The topological polar surface area (TPSA) is 107 Å². The van der Waals surface area contributed by atoms with E-state index < -0.39 is 34.3 Å². The molecule has 0 fully saturated rings. The monoisotopic (exact) mass is 426 g/mol. The molecule has 0 saturated carbocycles. The summed E-state index contributed by atoms with van der Waals surface area (Å²) >= 11 is 5.64. The molecule has 1 heterocycles. The number of sulfonamides is 1. The Morgan fingerprint density at radius 1 is 1.29 bits per heavy atom. The molecule has 148 valence electrons. The maximum atomic E-state index is 13.8. The van der Waals surface area contributed by atoms with Gasteiger partial charge in [-0.1, -0.05) is 11.6 Å². The van der Waals surface area contributed by atoms with Gasteiger partial charge in [-0.3, -0.25) is 4.79 Å². The van der Waals surface area contributed by atoms with Crippen LogP contribution in [0.5, 0.6) is 0 Å². The van der Waals surface area contributed by atoms with E-state index in [4.69, 9.17) is 21.5 Å². The van der Waals surface area contributed by atoms with Crippen molar-refractivity contribution in [3.8, 4) is 0 Å². The highest BCUT2D eigenvalue weighted by molar-refractivity contribution is 7.89. The molecule has 28 heavy (non-hydrogen) atoms. The van der Waals surface area contributed by atoms with E-state index in [0.29, 0.717) is 17.7 Å². The Kier molecular flexibility index (Phi) is 5.42. The fraction of sp³-hybridized carbons (Fsp3) is 0.222. The van der Waals surface area contributed by atoms with E-state index in [-0.39, 0.29) is 21.5 Å². The zero-order valence-electron chi connectivity index (χ0n) is 14.7. The van der Waals surface area contributed by atoms with Crippen LogP contribution in [0.1, 0.15) is 22.8 Å². The van der Waals surface area contributed by atoms with Crippen molar-refractivity contribution >= 4 is 39.2 Å². The van der Waals surface area contributed by atoms with Crippen molar-refractivity contribution in [1.29, 1.82) is 0 Å². The van der Waals surface area contributed by atoms with Crippen LogP contribution in [0.25, 0.3) is 0 Å². The molecular weight excluding hydrogens is 411 g/mol. The van der Waals surface area contributed by atoms with Gasteiger partial charge in [0, 0.05) is 16.8 Å². The van der Waals surface area contributed by atoms with Crippen LogP contribution in [0, 0.1) is 5.82 Å². The van der Waals surface area contributed by atoms with Crippen molar-refractivity contribution in [2.45, 2.75) is 24.3 Å². The summed E-state index contributed by atoms with van der Waals surface area (Å²) in [5.41, 5.74) is 0.825. The number of esters is 1. The number of hydrogen-bond donors (Lipinski definition) is 1. The summed E-state index contributed by atoms with van der Waals surface area (Å²) in [5.74, 6) is -2.35. The number of rotatable bonds is 4. The summed E-state index contributed by atoms with van der Waals surface area (Å²) < 4.78 is 41.7. The minimum Gasteiger partial charge on any atom is -0.452 e. The summed E-state index contributed by atoms with van der Waals surface area (Å²) in [4.78, 5) is 26.0. The van der Waals surface area contributed by atoms with E-state index in [1.807, 2.05) is 0 Å². The van der Waals surface area contributed by atoms with E-state index in [9.17, 15) is 22.4 Å². The van der Waals surface area contributed by atoms with Crippen molar-refractivity contribution in [3.05, 3.63) is 58.4 Å². The van der Waals surface area contributed by atoms with Crippen LogP contribution in [-0.2, 0) is 26.0 Å². The zero-order chi connectivity index (χ0) is 20.6. The largest absolute Gasteiger partial charge is 0.452 e. The van der Waals surface area contributed by atoms with Crippen molar-refractivity contribution in [1.82, 2.24) is 0 Å². The van der Waals surface area contributed by atoms with Crippen LogP contribution >= 0.6 is 11.6 Å². The smallest absolute Gasteiger partial charge is 0.341 e. The van der Waals surface area contributed by atoms with Crippen LogP contribution in [0.3, 0.4) is 0 Å². The standard InChI is InChI=1S/C18H16ClFN2O5S/c1-10-6-11-7-13(28(21,25)26)3-5-16(11)22(10)17(23)9-27-18(24)14-4-2-12(19)8-15(14)20/h2-5,7-8,10H,6,9H2,1H3,(H2,21,25,26). The molecule has 1 aliphatic heterocycles. The van der Waals surface area contributed by atoms with Crippen molar-refractivity contribution in [3.63, 3.8) is 0 Å². The minimum absolute atomic E-state index is 0.0441. The highest BCUT2D eigenvalue weighted by atomic mass is 35.5. The van der Waals surface area contributed by atoms with E-state index in [1.54, 1.807) is 6.92 Å². The molecule has 0 bridgehead atoms. The second-order valence-electron chi connectivity index (χ2n) is 6.35. The normalized spacial score (nSPS) is 16.0. The first-order valence-corrected chi connectivity index (χ1v) is 10.1. The van der Waals surface area contributed by atoms with E-state index >= 15 is 0 Å². The fourth-order valence-electron chi connectivity index (χ4n) is 3.09. The van der Waals surface area contributed by atoms with Gasteiger partial charge in [-0.05, 0) is 55.3 Å². The van der Waals surface area contributed by atoms with Crippen LogP contribution in [0.15, 0.2) is 41.3 Å². The summed E-state index contributed by atoms with van der Waals surface area (Å²) in [5, 5.41) is 5.26. The van der Waals surface area contributed by atoms with Gasteiger partial charge in [0.15, 0.2) is 6.61 Å². The number of amides is 1. The molecule has 0 aromatic heterocycles. The van der Waals surface area contributed by atoms with E-state index in [0.717, 1.165) is 6.07 Å². The molecule has 0 radical (unpaired) electrons. The SMILES string of the molecule is CC1Cc2cc(S(N)(=O)=O)ccc2N1C(=O)COC(=O)c1ccc(Cl)cc1F. The van der Waals surface area contributed by atoms with Crippen LogP contribution in [-0.4, -0.2) is 32.9 Å². The number of fused-ring (bicyclic) bond motifs is 1. The first-order chi connectivity index (χ1) is 13.1. The molecule has 0 spiro atoms. The zero-order valence-corrected chi connectivity index (χ0v) is 16.3. The molecule has 3 rings (SSSR count). The fourth-order valence-corrected chi connectivity index (χ4v) is 3.82. The molecule has 10 heteroatoms. The van der Waals surface area contributed by atoms with Gasteiger partial charge in [0.2, 0.25) is 10.0 Å². The van der Waals surface area contributed by atoms with E-state index in [2.05, 4.69) is 0 Å². The van der Waals surface area contributed by atoms with E-state index in [1.165, 1.54) is 35.2 Å².